The fraction of sp³-hybridized carbons (Fsp3) is 0.0952. The molecule has 4 rings (SSSR count). The van der Waals surface area contributed by atoms with Crippen molar-refractivity contribution >= 4 is 22.4 Å². The van der Waals surface area contributed by atoms with E-state index in [2.05, 4.69) is 39.3 Å². The number of nitrogens with one attached hydrogen (secondary N) is 1. The zero-order valence-corrected chi connectivity index (χ0v) is 15.2. The van der Waals surface area contributed by atoms with Crippen LogP contribution in [0.2, 0.25) is 0 Å². The van der Waals surface area contributed by atoms with Crippen LogP contribution < -0.4 is 5.32 Å². The van der Waals surface area contributed by atoms with Crippen molar-refractivity contribution in [2.45, 2.75) is 13.5 Å². The van der Waals surface area contributed by atoms with Crippen LogP contribution in [0.1, 0.15) is 11.3 Å². The number of benzene rings is 1. The van der Waals surface area contributed by atoms with E-state index in [0.717, 1.165) is 21.9 Å². The topological polar surface area (TPSA) is 93.8 Å². The van der Waals surface area contributed by atoms with Gasteiger partial charge in [0, 0.05) is 34.5 Å². The van der Waals surface area contributed by atoms with Crippen molar-refractivity contribution in [3.8, 4) is 11.1 Å². The SMILES string of the molecule is Cc1ccncc1-c1ccc2cc(Nc3cccc(C[N+](=O)[O-])n3)ncc2c1. The first-order chi connectivity index (χ1) is 13.6. The highest BCUT2D eigenvalue weighted by molar-refractivity contribution is 5.89. The first-order valence-corrected chi connectivity index (χ1v) is 8.74. The quantitative estimate of drug-likeness (QED) is 0.409. The van der Waals surface area contributed by atoms with E-state index in [1.54, 1.807) is 30.6 Å². The summed E-state index contributed by atoms with van der Waals surface area (Å²) in [7, 11) is 0. The number of anilines is 2. The molecular weight excluding hydrogens is 354 g/mol. The van der Waals surface area contributed by atoms with Gasteiger partial charge in [-0.25, -0.2) is 9.97 Å². The minimum absolute atomic E-state index is 0.308. The van der Waals surface area contributed by atoms with Gasteiger partial charge in [-0.3, -0.25) is 15.1 Å². The summed E-state index contributed by atoms with van der Waals surface area (Å²) < 4.78 is 0. The molecule has 0 saturated carbocycles. The summed E-state index contributed by atoms with van der Waals surface area (Å²) in [5.74, 6) is 1.15. The van der Waals surface area contributed by atoms with Crippen molar-refractivity contribution < 1.29 is 4.92 Å². The highest BCUT2D eigenvalue weighted by atomic mass is 16.6. The highest BCUT2D eigenvalue weighted by Gasteiger charge is 2.07. The maximum absolute atomic E-state index is 10.7. The number of aryl methyl sites for hydroxylation is 1. The summed E-state index contributed by atoms with van der Waals surface area (Å²) in [6.45, 7) is 1.75. The Balaban J connectivity index is 1.61. The summed E-state index contributed by atoms with van der Waals surface area (Å²) in [5.41, 5.74) is 3.75. The van der Waals surface area contributed by atoms with Crippen LogP contribution in [0.4, 0.5) is 11.6 Å². The lowest BCUT2D eigenvalue weighted by Gasteiger charge is -2.09. The molecule has 0 aliphatic carbocycles. The lowest BCUT2D eigenvalue weighted by molar-refractivity contribution is -0.497. The number of hydrogen-bond donors (Lipinski definition) is 1. The Bertz CT molecular complexity index is 1180. The van der Waals surface area contributed by atoms with E-state index in [9.17, 15) is 10.1 Å². The van der Waals surface area contributed by atoms with Gasteiger partial charge in [0.1, 0.15) is 17.3 Å². The molecule has 0 saturated heterocycles. The number of pyridine rings is 3. The number of aromatic nitrogens is 3. The molecule has 0 aliphatic rings. The van der Waals surface area contributed by atoms with Crippen molar-refractivity contribution in [1.29, 1.82) is 0 Å². The van der Waals surface area contributed by atoms with Gasteiger partial charge in [-0.2, -0.15) is 0 Å². The zero-order valence-electron chi connectivity index (χ0n) is 15.2. The van der Waals surface area contributed by atoms with Gasteiger partial charge in [-0.05, 0) is 53.8 Å². The minimum Gasteiger partial charge on any atom is -0.325 e. The summed E-state index contributed by atoms with van der Waals surface area (Å²) in [5, 5.41) is 15.8. The Morgan fingerprint density at radius 3 is 2.75 bits per heavy atom. The first-order valence-electron chi connectivity index (χ1n) is 8.74. The lowest BCUT2D eigenvalue weighted by Crippen LogP contribution is -2.03. The van der Waals surface area contributed by atoms with Crippen molar-refractivity contribution in [3.05, 3.63) is 88.5 Å². The Labute approximate surface area is 161 Å². The van der Waals surface area contributed by atoms with Gasteiger partial charge in [0.15, 0.2) is 0 Å². The van der Waals surface area contributed by atoms with E-state index in [1.807, 2.05) is 24.4 Å². The number of nitrogens with zero attached hydrogens (tertiary/aromatic N) is 4. The van der Waals surface area contributed by atoms with Gasteiger partial charge in [-0.1, -0.05) is 18.2 Å². The molecule has 138 valence electrons. The maximum atomic E-state index is 10.7. The average molecular weight is 371 g/mol. The van der Waals surface area contributed by atoms with Crippen LogP contribution >= 0.6 is 0 Å². The Hall–Kier alpha value is -3.87. The average Bonchev–Trinajstić information content (AvgIpc) is 2.68. The maximum Gasteiger partial charge on any atom is 0.245 e. The number of fused-ring (bicyclic) bond motifs is 1. The van der Waals surface area contributed by atoms with Gasteiger partial charge in [0.25, 0.3) is 0 Å². The van der Waals surface area contributed by atoms with Crippen molar-refractivity contribution in [1.82, 2.24) is 15.0 Å². The monoisotopic (exact) mass is 371 g/mol. The van der Waals surface area contributed by atoms with Gasteiger partial charge in [0.2, 0.25) is 6.54 Å². The fourth-order valence-corrected chi connectivity index (χ4v) is 3.04. The first kappa shape index (κ1) is 17.5. The molecule has 3 heterocycles. The molecule has 7 heteroatoms. The van der Waals surface area contributed by atoms with Crippen LogP contribution in [0.3, 0.4) is 0 Å². The molecule has 0 bridgehead atoms. The molecule has 0 amide bonds. The molecular formula is C21H17N5O2. The van der Waals surface area contributed by atoms with E-state index in [-0.39, 0.29) is 6.54 Å². The minimum atomic E-state index is -0.401. The van der Waals surface area contributed by atoms with Crippen LogP contribution in [-0.4, -0.2) is 19.9 Å². The van der Waals surface area contributed by atoms with E-state index in [0.29, 0.717) is 17.3 Å². The Morgan fingerprint density at radius 2 is 1.93 bits per heavy atom. The third-order valence-corrected chi connectivity index (χ3v) is 4.43. The van der Waals surface area contributed by atoms with E-state index >= 15 is 0 Å². The van der Waals surface area contributed by atoms with Crippen LogP contribution in [0.5, 0.6) is 0 Å². The molecule has 4 aromatic rings. The molecule has 0 atom stereocenters. The molecule has 1 N–H and O–H groups in total. The molecule has 3 aromatic heterocycles. The third-order valence-electron chi connectivity index (χ3n) is 4.43. The molecule has 0 unspecified atom stereocenters. The number of rotatable bonds is 5. The Kier molecular flexibility index (Phi) is 4.63. The van der Waals surface area contributed by atoms with Crippen LogP contribution in [0.15, 0.2) is 67.1 Å². The predicted molar refractivity (Wildman–Crippen MR) is 108 cm³/mol. The second-order valence-corrected chi connectivity index (χ2v) is 6.45. The lowest BCUT2D eigenvalue weighted by atomic mass is 10.0. The molecule has 7 nitrogen and oxygen atoms in total. The second kappa shape index (κ2) is 7.40. The zero-order chi connectivity index (χ0) is 19.5. The molecule has 0 spiro atoms. The van der Waals surface area contributed by atoms with Crippen molar-refractivity contribution in [2.75, 3.05) is 5.32 Å². The van der Waals surface area contributed by atoms with Gasteiger partial charge >= 0.3 is 0 Å². The summed E-state index contributed by atoms with van der Waals surface area (Å²) >= 11 is 0. The summed E-state index contributed by atoms with van der Waals surface area (Å²) in [6, 6.07) is 15.2. The molecule has 28 heavy (non-hydrogen) atoms. The Morgan fingerprint density at radius 1 is 1.04 bits per heavy atom. The van der Waals surface area contributed by atoms with Crippen LogP contribution in [0, 0.1) is 17.0 Å². The smallest absolute Gasteiger partial charge is 0.245 e. The van der Waals surface area contributed by atoms with Crippen LogP contribution in [-0.2, 0) is 6.54 Å². The van der Waals surface area contributed by atoms with Gasteiger partial charge < -0.3 is 5.32 Å². The summed E-state index contributed by atoms with van der Waals surface area (Å²) in [6.07, 6.45) is 5.45. The predicted octanol–water partition coefficient (Wildman–Crippen LogP) is 4.52. The number of nitro groups is 1. The molecule has 1 aromatic carbocycles. The third kappa shape index (κ3) is 3.78. The normalized spacial score (nSPS) is 10.8. The largest absolute Gasteiger partial charge is 0.325 e. The molecule has 0 radical (unpaired) electrons. The standard InChI is InChI=1S/C21H17N5O2/c1-14-7-8-22-12-19(14)16-6-5-15-10-21(23-11-17(15)9-16)25-20-4-2-3-18(24-20)13-26(27)28/h2-12H,13H2,1H3,(H,23,24,25). The number of hydrogen-bond acceptors (Lipinski definition) is 6. The van der Waals surface area contributed by atoms with Crippen molar-refractivity contribution in [2.24, 2.45) is 0 Å². The summed E-state index contributed by atoms with van der Waals surface area (Å²) in [4.78, 5) is 23.2. The van der Waals surface area contributed by atoms with E-state index < -0.39 is 4.92 Å². The molecule has 0 aliphatic heterocycles. The van der Waals surface area contributed by atoms with Gasteiger partial charge in [-0.15, -0.1) is 0 Å². The van der Waals surface area contributed by atoms with Crippen molar-refractivity contribution in [3.63, 3.8) is 0 Å². The van der Waals surface area contributed by atoms with Crippen LogP contribution in [0.25, 0.3) is 21.9 Å². The fourth-order valence-electron chi connectivity index (χ4n) is 3.04. The molecule has 0 fully saturated rings. The second-order valence-electron chi connectivity index (χ2n) is 6.45. The highest BCUT2D eigenvalue weighted by Crippen LogP contribution is 2.27. The van der Waals surface area contributed by atoms with E-state index in [1.165, 1.54) is 5.56 Å². The van der Waals surface area contributed by atoms with Gasteiger partial charge in [0.05, 0.1) is 0 Å². The van der Waals surface area contributed by atoms with E-state index in [4.69, 9.17) is 0 Å².